The second-order valence-corrected chi connectivity index (χ2v) is 7.90. The lowest BCUT2D eigenvalue weighted by atomic mass is 9.89. The Balaban J connectivity index is 1.29. The van der Waals surface area contributed by atoms with Gasteiger partial charge in [-0.15, -0.1) is 0 Å². The third-order valence-electron chi connectivity index (χ3n) is 5.71. The Morgan fingerprint density at radius 2 is 1.84 bits per heavy atom. The average molecular weight is 428 g/mol. The molecule has 0 atom stereocenters. The highest BCUT2D eigenvalue weighted by atomic mass is 16.5. The fourth-order valence-electron chi connectivity index (χ4n) is 3.94. The van der Waals surface area contributed by atoms with E-state index in [1.54, 1.807) is 9.03 Å². The maximum atomic E-state index is 10.8. The van der Waals surface area contributed by atoms with Gasteiger partial charge in [0.15, 0.2) is 11.5 Å². The van der Waals surface area contributed by atoms with Crippen molar-refractivity contribution in [2.75, 3.05) is 18.4 Å². The van der Waals surface area contributed by atoms with Crippen molar-refractivity contribution in [2.24, 2.45) is 0 Å². The van der Waals surface area contributed by atoms with Gasteiger partial charge in [0, 0.05) is 42.8 Å². The van der Waals surface area contributed by atoms with Crippen LogP contribution in [-0.4, -0.2) is 47.4 Å². The Hall–Kier alpha value is -4.02. The maximum absolute atomic E-state index is 10.8. The normalized spacial score (nSPS) is 15.1. The van der Waals surface area contributed by atoms with Crippen LogP contribution in [-0.2, 0) is 5.60 Å². The predicted molar refractivity (Wildman–Crippen MR) is 117 cm³/mol. The van der Waals surface area contributed by atoms with E-state index in [1.807, 2.05) is 55.7 Å². The first-order valence-electron chi connectivity index (χ1n) is 10.2. The molecule has 0 radical (unpaired) electrons. The summed E-state index contributed by atoms with van der Waals surface area (Å²) in [6.45, 7) is 3.00. The van der Waals surface area contributed by atoms with Crippen molar-refractivity contribution in [1.82, 2.24) is 34.5 Å². The smallest absolute Gasteiger partial charge is 0.158 e. The van der Waals surface area contributed by atoms with E-state index in [2.05, 4.69) is 30.8 Å². The molecule has 5 heterocycles. The second kappa shape index (κ2) is 7.01. The predicted octanol–water partition coefficient (Wildman–Crippen LogP) is 2.41. The number of ether oxygens (including phenoxy) is 1. The lowest BCUT2D eigenvalue weighted by molar-refractivity contribution is -0.0132. The first kappa shape index (κ1) is 18.7. The molecule has 0 spiro atoms. The number of β-amino-alcohol motifs (C(OH)–C–C–N with tert-alkyl or cyclic N) is 1. The van der Waals surface area contributed by atoms with Crippen molar-refractivity contribution in [2.45, 2.75) is 12.5 Å². The lowest BCUT2D eigenvalue weighted by Gasteiger charge is -2.37. The molecule has 160 valence electrons. The number of nitrogens with one attached hydrogen (secondary N) is 2. The van der Waals surface area contributed by atoms with E-state index in [0.717, 1.165) is 33.7 Å². The van der Waals surface area contributed by atoms with Gasteiger partial charge in [-0.25, -0.2) is 19.0 Å². The first-order valence-corrected chi connectivity index (χ1v) is 10.2. The number of pyridine rings is 1. The van der Waals surface area contributed by atoms with Crippen LogP contribution in [0.2, 0.25) is 0 Å². The molecule has 10 nitrogen and oxygen atoms in total. The van der Waals surface area contributed by atoms with Gasteiger partial charge in [0.05, 0.1) is 0 Å². The van der Waals surface area contributed by atoms with Crippen LogP contribution in [0.15, 0.2) is 61.4 Å². The number of benzene rings is 1. The van der Waals surface area contributed by atoms with Gasteiger partial charge in [-0.1, -0.05) is 0 Å². The SMILES string of the molecule is Cc1cc(Nc2ncnn3ccc(C4(O)CNC4)c23)ccc1Oc1ccn2ncnc2c1. The van der Waals surface area contributed by atoms with Crippen LogP contribution in [0.1, 0.15) is 11.1 Å². The molecule has 0 unspecified atom stereocenters. The largest absolute Gasteiger partial charge is 0.457 e. The van der Waals surface area contributed by atoms with Crippen LogP contribution in [0.5, 0.6) is 11.5 Å². The minimum Gasteiger partial charge on any atom is -0.457 e. The Morgan fingerprint density at radius 1 is 1.03 bits per heavy atom. The molecule has 4 aromatic heterocycles. The topological polar surface area (TPSA) is 114 Å². The minimum atomic E-state index is -0.908. The molecule has 1 aliphatic heterocycles. The van der Waals surface area contributed by atoms with E-state index in [-0.39, 0.29) is 0 Å². The number of anilines is 2. The Bertz CT molecular complexity index is 1450. The summed E-state index contributed by atoms with van der Waals surface area (Å²) in [5.41, 5.74) is 3.19. The van der Waals surface area contributed by atoms with Gasteiger partial charge in [0.2, 0.25) is 0 Å². The lowest BCUT2D eigenvalue weighted by Crippen LogP contribution is -2.56. The summed E-state index contributed by atoms with van der Waals surface area (Å²) in [6.07, 6.45) is 6.64. The standard InChI is InChI=1S/C22H20N8O2/c1-14-8-15(2-3-18(14)32-16-4-6-29-19(9-16)24-12-26-29)28-21-20-17(22(31)10-23-11-22)5-7-30(20)27-13-25-21/h2-9,12-13,23,31H,10-11H2,1H3,(H,25,27,28). The molecule has 3 N–H and O–H groups in total. The Kier molecular flexibility index (Phi) is 4.10. The molecule has 5 aromatic rings. The van der Waals surface area contributed by atoms with E-state index in [9.17, 15) is 5.11 Å². The van der Waals surface area contributed by atoms with Crippen LogP contribution >= 0.6 is 0 Å². The van der Waals surface area contributed by atoms with Crippen molar-refractivity contribution in [3.63, 3.8) is 0 Å². The quantitative estimate of drug-likeness (QED) is 0.391. The van der Waals surface area contributed by atoms with Gasteiger partial charge in [-0.05, 0) is 42.8 Å². The van der Waals surface area contributed by atoms with Crippen LogP contribution in [0.4, 0.5) is 11.5 Å². The molecule has 0 bridgehead atoms. The molecule has 1 aromatic carbocycles. The van der Waals surface area contributed by atoms with Crippen molar-refractivity contribution >= 4 is 22.7 Å². The third-order valence-corrected chi connectivity index (χ3v) is 5.71. The zero-order valence-corrected chi connectivity index (χ0v) is 17.2. The molecule has 10 heteroatoms. The van der Waals surface area contributed by atoms with E-state index in [1.165, 1.54) is 12.7 Å². The van der Waals surface area contributed by atoms with Crippen molar-refractivity contribution in [3.8, 4) is 11.5 Å². The van der Waals surface area contributed by atoms with Gasteiger partial charge >= 0.3 is 0 Å². The summed E-state index contributed by atoms with van der Waals surface area (Å²) in [5, 5.41) is 25.7. The number of fused-ring (bicyclic) bond motifs is 2. The van der Waals surface area contributed by atoms with E-state index in [4.69, 9.17) is 4.74 Å². The van der Waals surface area contributed by atoms with Crippen LogP contribution in [0, 0.1) is 6.92 Å². The number of aliphatic hydroxyl groups is 1. The summed E-state index contributed by atoms with van der Waals surface area (Å²) in [4.78, 5) is 8.62. The Labute approximate surface area is 182 Å². The summed E-state index contributed by atoms with van der Waals surface area (Å²) >= 11 is 0. The fourth-order valence-corrected chi connectivity index (χ4v) is 3.94. The molecular formula is C22H20N8O2. The number of hydrogen-bond donors (Lipinski definition) is 3. The monoisotopic (exact) mass is 428 g/mol. The van der Waals surface area contributed by atoms with Crippen molar-refractivity contribution in [1.29, 1.82) is 0 Å². The number of hydrogen-bond acceptors (Lipinski definition) is 8. The van der Waals surface area contributed by atoms with Gasteiger partial charge in [0.1, 0.15) is 35.3 Å². The summed E-state index contributed by atoms with van der Waals surface area (Å²) in [6, 6.07) is 11.4. The molecule has 1 aliphatic rings. The van der Waals surface area contributed by atoms with Crippen LogP contribution in [0.3, 0.4) is 0 Å². The zero-order chi connectivity index (χ0) is 21.7. The second-order valence-electron chi connectivity index (χ2n) is 7.90. The molecule has 1 fully saturated rings. The Morgan fingerprint density at radius 3 is 2.66 bits per heavy atom. The van der Waals surface area contributed by atoms with E-state index in [0.29, 0.717) is 24.7 Å². The highest BCUT2D eigenvalue weighted by molar-refractivity contribution is 5.78. The molecule has 0 saturated carbocycles. The van der Waals surface area contributed by atoms with E-state index < -0.39 is 5.60 Å². The van der Waals surface area contributed by atoms with Crippen molar-refractivity contribution < 1.29 is 9.84 Å². The third kappa shape index (κ3) is 3.04. The highest BCUT2D eigenvalue weighted by Crippen LogP contribution is 2.34. The van der Waals surface area contributed by atoms with Gasteiger partial charge in [-0.2, -0.15) is 10.2 Å². The fraction of sp³-hybridized carbons (Fsp3) is 0.182. The van der Waals surface area contributed by atoms with Crippen molar-refractivity contribution in [3.05, 3.63) is 72.6 Å². The number of nitrogens with zero attached hydrogens (tertiary/aromatic N) is 6. The summed E-state index contributed by atoms with van der Waals surface area (Å²) < 4.78 is 9.47. The molecule has 0 aliphatic carbocycles. The maximum Gasteiger partial charge on any atom is 0.158 e. The number of aromatic nitrogens is 6. The molecule has 32 heavy (non-hydrogen) atoms. The van der Waals surface area contributed by atoms with Gasteiger partial charge in [-0.3, -0.25) is 0 Å². The van der Waals surface area contributed by atoms with Gasteiger partial charge in [0.25, 0.3) is 0 Å². The zero-order valence-electron chi connectivity index (χ0n) is 17.2. The first-order chi connectivity index (χ1) is 15.6. The number of rotatable bonds is 5. The minimum absolute atomic E-state index is 0.507. The average Bonchev–Trinajstić information content (AvgIpc) is 3.41. The molecule has 0 amide bonds. The summed E-state index contributed by atoms with van der Waals surface area (Å²) in [5.74, 6) is 2.06. The molecular weight excluding hydrogens is 408 g/mol. The van der Waals surface area contributed by atoms with Crippen LogP contribution in [0.25, 0.3) is 11.2 Å². The summed E-state index contributed by atoms with van der Waals surface area (Å²) in [7, 11) is 0. The molecule has 6 rings (SSSR count). The van der Waals surface area contributed by atoms with Crippen LogP contribution < -0.4 is 15.4 Å². The molecule has 1 saturated heterocycles. The highest BCUT2D eigenvalue weighted by Gasteiger charge is 2.39. The van der Waals surface area contributed by atoms with Gasteiger partial charge < -0.3 is 20.5 Å². The van der Waals surface area contributed by atoms with E-state index >= 15 is 0 Å². The number of aryl methyl sites for hydroxylation is 1.